The Bertz CT molecular complexity index is 795. The van der Waals surface area contributed by atoms with Crippen molar-refractivity contribution < 1.29 is 19.3 Å². The van der Waals surface area contributed by atoms with E-state index in [1.807, 2.05) is 30.3 Å². The third kappa shape index (κ3) is 2.88. The Kier molecular flexibility index (Phi) is 4.52. The molecule has 0 aliphatic carbocycles. The summed E-state index contributed by atoms with van der Waals surface area (Å²) in [7, 11) is 2.95. The molecule has 0 bridgehead atoms. The van der Waals surface area contributed by atoms with E-state index in [-0.39, 0.29) is 23.7 Å². The Balaban J connectivity index is 2.11. The normalized spacial score (nSPS) is 23.4. The van der Waals surface area contributed by atoms with Crippen LogP contribution >= 0.6 is 0 Å². The molecule has 0 N–H and O–H groups in total. The average molecular weight is 342 g/mol. The fraction of sp³-hybridized carbons (Fsp3) is 0.278. The summed E-state index contributed by atoms with van der Waals surface area (Å²) in [6.07, 6.45) is 0.213. The lowest BCUT2D eigenvalue weighted by Crippen LogP contribution is -2.38. The molecule has 130 valence electrons. The lowest BCUT2D eigenvalue weighted by molar-refractivity contribution is -0.387. The molecule has 0 radical (unpaired) electrons. The number of hydrogen-bond donors (Lipinski definition) is 0. The molecule has 2 atom stereocenters. The SMILES string of the molecule is COC(=O)[C@]1(c2ccccc2[N+](=O)[O-])C[C@@H](c2ccccc2)N(C)O1. The highest BCUT2D eigenvalue weighted by molar-refractivity contribution is 5.83. The zero-order valence-corrected chi connectivity index (χ0v) is 13.9. The number of para-hydroxylation sites is 1. The molecule has 3 rings (SSSR count). The summed E-state index contributed by atoms with van der Waals surface area (Å²) >= 11 is 0. The van der Waals surface area contributed by atoms with Crippen molar-refractivity contribution in [3.63, 3.8) is 0 Å². The van der Waals surface area contributed by atoms with E-state index in [1.54, 1.807) is 24.2 Å². The minimum absolute atomic E-state index is 0.171. The highest BCUT2D eigenvalue weighted by atomic mass is 16.7. The van der Waals surface area contributed by atoms with Crippen molar-refractivity contribution in [2.24, 2.45) is 0 Å². The van der Waals surface area contributed by atoms with E-state index in [0.717, 1.165) is 5.56 Å². The van der Waals surface area contributed by atoms with Crippen LogP contribution in [-0.2, 0) is 20.0 Å². The number of methoxy groups -OCH3 is 1. The second-order valence-electron chi connectivity index (χ2n) is 5.86. The van der Waals surface area contributed by atoms with Gasteiger partial charge in [-0.05, 0) is 11.6 Å². The first-order valence-corrected chi connectivity index (χ1v) is 7.79. The third-order valence-corrected chi connectivity index (χ3v) is 4.45. The molecule has 1 saturated heterocycles. The van der Waals surface area contributed by atoms with Crippen molar-refractivity contribution in [2.75, 3.05) is 14.2 Å². The van der Waals surface area contributed by atoms with Crippen LogP contribution in [0.5, 0.6) is 0 Å². The highest BCUT2D eigenvalue weighted by Gasteiger charge is 2.55. The van der Waals surface area contributed by atoms with Crippen LogP contribution in [0.15, 0.2) is 54.6 Å². The van der Waals surface area contributed by atoms with Crippen LogP contribution < -0.4 is 0 Å². The lowest BCUT2D eigenvalue weighted by atomic mass is 9.85. The van der Waals surface area contributed by atoms with Crippen molar-refractivity contribution in [1.29, 1.82) is 0 Å². The van der Waals surface area contributed by atoms with Gasteiger partial charge >= 0.3 is 5.97 Å². The van der Waals surface area contributed by atoms with Gasteiger partial charge in [-0.3, -0.25) is 15.0 Å². The Morgan fingerprint density at radius 2 is 1.88 bits per heavy atom. The summed E-state index contributed by atoms with van der Waals surface area (Å²) < 4.78 is 4.95. The second-order valence-corrected chi connectivity index (χ2v) is 5.86. The Morgan fingerprint density at radius 1 is 1.24 bits per heavy atom. The largest absolute Gasteiger partial charge is 0.467 e. The molecule has 25 heavy (non-hydrogen) atoms. The number of nitro benzene ring substituents is 1. The molecule has 1 aliphatic heterocycles. The maximum Gasteiger partial charge on any atom is 0.345 e. The molecule has 2 aromatic rings. The van der Waals surface area contributed by atoms with Crippen molar-refractivity contribution in [2.45, 2.75) is 18.1 Å². The monoisotopic (exact) mass is 342 g/mol. The maximum atomic E-state index is 12.6. The predicted octanol–water partition coefficient (Wildman–Crippen LogP) is 2.97. The van der Waals surface area contributed by atoms with Crippen LogP contribution in [0.4, 0.5) is 5.69 Å². The Labute approximate surface area is 144 Å². The van der Waals surface area contributed by atoms with Gasteiger partial charge < -0.3 is 4.74 Å². The first-order chi connectivity index (χ1) is 12.0. The van der Waals surface area contributed by atoms with Gasteiger partial charge in [0, 0.05) is 19.5 Å². The van der Waals surface area contributed by atoms with Gasteiger partial charge in [0.15, 0.2) is 0 Å². The lowest BCUT2D eigenvalue weighted by Gasteiger charge is -2.25. The first-order valence-electron chi connectivity index (χ1n) is 7.79. The fourth-order valence-electron chi connectivity index (χ4n) is 3.28. The van der Waals surface area contributed by atoms with Crippen molar-refractivity contribution in [3.8, 4) is 0 Å². The summed E-state index contributed by atoms with van der Waals surface area (Å²) in [6, 6.07) is 15.4. The number of benzene rings is 2. The van der Waals surface area contributed by atoms with E-state index >= 15 is 0 Å². The van der Waals surface area contributed by atoms with Crippen LogP contribution in [-0.4, -0.2) is 30.1 Å². The van der Waals surface area contributed by atoms with Crippen LogP contribution in [0.3, 0.4) is 0 Å². The molecule has 1 heterocycles. The standard InChI is InChI=1S/C18H18N2O5/c1-19-16(13-8-4-3-5-9-13)12-18(25-19,17(21)24-2)14-10-6-7-11-15(14)20(22)23/h3-11,16H,12H2,1-2H3/t16-,18+/m0/s1. The van der Waals surface area contributed by atoms with Crippen molar-refractivity contribution in [1.82, 2.24) is 5.06 Å². The summed E-state index contributed by atoms with van der Waals surface area (Å²) in [6.45, 7) is 0. The fourth-order valence-corrected chi connectivity index (χ4v) is 3.28. The number of ether oxygens (including phenoxy) is 1. The molecule has 0 spiro atoms. The highest BCUT2D eigenvalue weighted by Crippen LogP contribution is 2.48. The van der Waals surface area contributed by atoms with E-state index in [2.05, 4.69) is 0 Å². The van der Waals surface area contributed by atoms with Gasteiger partial charge in [0.05, 0.1) is 23.6 Å². The molecule has 7 heteroatoms. The van der Waals surface area contributed by atoms with Crippen LogP contribution in [0, 0.1) is 10.1 Å². The zero-order valence-electron chi connectivity index (χ0n) is 13.9. The molecule has 1 fully saturated rings. The first kappa shape index (κ1) is 17.1. The topological polar surface area (TPSA) is 81.9 Å². The second kappa shape index (κ2) is 6.62. The van der Waals surface area contributed by atoms with Gasteiger partial charge in [-0.1, -0.05) is 42.5 Å². The van der Waals surface area contributed by atoms with Gasteiger partial charge in [0.25, 0.3) is 5.69 Å². The molecule has 1 aliphatic rings. The zero-order chi connectivity index (χ0) is 18.0. The number of hydrogen-bond acceptors (Lipinski definition) is 6. The number of nitro groups is 1. The van der Waals surface area contributed by atoms with Gasteiger partial charge in [-0.15, -0.1) is 0 Å². The molecule has 0 unspecified atom stereocenters. The minimum Gasteiger partial charge on any atom is -0.467 e. The number of hydroxylamine groups is 2. The van der Waals surface area contributed by atoms with E-state index < -0.39 is 16.5 Å². The van der Waals surface area contributed by atoms with Gasteiger partial charge in [0.1, 0.15) is 0 Å². The predicted molar refractivity (Wildman–Crippen MR) is 89.4 cm³/mol. The smallest absolute Gasteiger partial charge is 0.345 e. The van der Waals surface area contributed by atoms with E-state index in [4.69, 9.17) is 9.57 Å². The molecule has 2 aromatic carbocycles. The van der Waals surface area contributed by atoms with E-state index in [0.29, 0.717) is 0 Å². The van der Waals surface area contributed by atoms with Gasteiger partial charge in [-0.25, -0.2) is 4.79 Å². The molecule has 0 amide bonds. The Hall–Kier alpha value is -2.77. The minimum atomic E-state index is -1.56. The molecule has 7 nitrogen and oxygen atoms in total. The number of rotatable bonds is 4. The third-order valence-electron chi connectivity index (χ3n) is 4.45. The van der Waals surface area contributed by atoms with Gasteiger partial charge in [-0.2, -0.15) is 5.06 Å². The number of carbonyl (C=O) groups is 1. The van der Waals surface area contributed by atoms with E-state index in [9.17, 15) is 14.9 Å². The number of nitrogens with zero attached hydrogens (tertiary/aromatic N) is 2. The maximum absolute atomic E-state index is 12.6. The summed E-state index contributed by atoms with van der Waals surface area (Å²) in [4.78, 5) is 29.5. The van der Waals surface area contributed by atoms with Gasteiger partial charge in [0.2, 0.25) is 5.60 Å². The van der Waals surface area contributed by atoms with Crippen molar-refractivity contribution in [3.05, 3.63) is 75.8 Å². The molecule has 0 saturated carbocycles. The molecule has 0 aromatic heterocycles. The molecular formula is C18H18N2O5. The number of carbonyl (C=O) groups excluding carboxylic acids is 1. The summed E-state index contributed by atoms with van der Waals surface area (Å²) in [5.41, 5.74) is -0.588. The van der Waals surface area contributed by atoms with Crippen LogP contribution in [0.25, 0.3) is 0 Å². The summed E-state index contributed by atoms with van der Waals surface area (Å²) in [5, 5.41) is 13.0. The van der Waals surface area contributed by atoms with E-state index in [1.165, 1.54) is 19.2 Å². The Morgan fingerprint density at radius 3 is 2.52 bits per heavy atom. The van der Waals surface area contributed by atoms with Crippen molar-refractivity contribution >= 4 is 11.7 Å². The summed E-state index contributed by atoms with van der Waals surface area (Å²) in [5.74, 6) is -0.660. The van der Waals surface area contributed by atoms with Crippen LogP contribution in [0.1, 0.15) is 23.6 Å². The molecular weight excluding hydrogens is 324 g/mol. The quantitative estimate of drug-likeness (QED) is 0.483. The average Bonchev–Trinajstić information content (AvgIpc) is 3.00. The van der Waals surface area contributed by atoms with Crippen LogP contribution in [0.2, 0.25) is 0 Å². The number of esters is 1.